The summed E-state index contributed by atoms with van der Waals surface area (Å²) in [6.07, 6.45) is 1.48. The number of nitrogens with zero attached hydrogens (tertiary/aromatic N) is 2. The molecule has 0 spiro atoms. The van der Waals surface area contributed by atoms with Crippen LogP contribution in [0.5, 0.6) is 0 Å². The average molecular weight is 359 g/mol. The van der Waals surface area contributed by atoms with Crippen LogP contribution >= 0.6 is 0 Å². The first-order chi connectivity index (χ1) is 12.5. The summed E-state index contributed by atoms with van der Waals surface area (Å²) in [4.78, 5) is 28.7. The second-order valence-corrected chi connectivity index (χ2v) is 7.44. The summed E-state index contributed by atoms with van der Waals surface area (Å²) in [6.45, 7) is 9.17. The van der Waals surface area contributed by atoms with Gasteiger partial charge in [0.15, 0.2) is 0 Å². The number of amides is 3. The second kappa shape index (κ2) is 8.08. The van der Waals surface area contributed by atoms with Crippen molar-refractivity contribution in [3.05, 3.63) is 29.3 Å². The third-order valence-electron chi connectivity index (χ3n) is 5.24. The number of urea groups is 1. The van der Waals surface area contributed by atoms with E-state index in [1.807, 2.05) is 24.0 Å². The van der Waals surface area contributed by atoms with Crippen LogP contribution in [0.4, 0.5) is 10.5 Å². The maximum Gasteiger partial charge on any atom is 0.321 e. The molecule has 142 valence electrons. The summed E-state index contributed by atoms with van der Waals surface area (Å²) in [5, 5.41) is 3.09. The van der Waals surface area contributed by atoms with E-state index in [1.165, 1.54) is 0 Å². The normalized spacial score (nSPS) is 20.5. The molecule has 2 aliphatic rings. The van der Waals surface area contributed by atoms with Crippen LogP contribution in [0.1, 0.15) is 43.7 Å². The van der Waals surface area contributed by atoms with Crippen molar-refractivity contribution in [3.8, 4) is 0 Å². The van der Waals surface area contributed by atoms with Crippen molar-refractivity contribution >= 4 is 17.6 Å². The largest absolute Gasteiger partial charge is 0.368 e. The molecular weight excluding hydrogens is 330 g/mol. The number of rotatable bonds is 3. The van der Waals surface area contributed by atoms with E-state index in [1.54, 1.807) is 4.90 Å². The van der Waals surface area contributed by atoms with Gasteiger partial charge in [-0.3, -0.25) is 4.79 Å². The Morgan fingerprint density at radius 3 is 2.46 bits per heavy atom. The standard InChI is InChI=1S/C20H29N3O3/c1-14(2)16-7-4-6-15(3)18(16)21-20(25)23-11-9-22(10-12-23)19(24)17-8-5-13-26-17/h4,6-7,14,17H,5,8-13H2,1-3H3,(H,21,25). The number of carbonyl (C=O) groups is 2. The van der Waals surface area contributed by atoms with Gasteiger partial charge in [-0.25, -0.2) is 4.79 Å². The van der Waals surface area contributed by atoms with Crippen LogP contribution in [0.3, 0.4) is 0 Å². The molecule has 1 aromatic carbocycles. The van der Waals surface area contributed by atoms with Gasteiger partial charge in [0.1, 0.15) is 6.10 Å². The fourth-order valence-corrected chi connectivity index (χ4v) is 3.63. The summed E-state index contributed by atoms with van der Waals surface area (Å²) >= 11 is 0. The van der Waals surface area contributed by atoms with Crippen LogP contribution in [0.15, 0.2) is 18.2 Å². The Labute approximate surface area is 155 Å². The Balaban J connectivity index is 1.58. The van der Waals surface area contributed by atoms with E-state index in [-0.39, 0.29) is 18.0 Å². The predicted octanol–water partition coefficient (Wildman–Crippen LogP) is 2.97. The highest BCUT2D eigenvalue weighted by atomic mass is 16.5. The minimum absolute atomic E-state index is 0.0727. The Morgan fingerprint density at radius 2 is 1.85 bits per heavy atom. The van der Waals surface area contributed by atoms with Gasteiger partial charge in [0.25, 0.3) is 5.91 Å². The van der Waals surface area contributed by atoms with Crippen LogP contribution in [-0.2, 0) is 9.53 Å². The van der Waals surface area contributed by atoms with E-state index < -0.39 is 0 Å². The van der Waals surface area contributed by atoms with Crippen LogP contribution in [0.2, 0.25) is 0 Å². The first-order valence-corrected chi connectivity index (χ1v) is 9.53. The molecule has 2 aliphatic heterocycles. The highest BCUT2D eigenvalue weighted by Gasteiger charge is 2.31. The molecule has 1 unspecified atom stereocenters. The minimum atomic E-state index is -0.282. The van der Waals surface area contributed by atoms with E-state index in [0.29, 0.717) is 38.7 Å². The Bertz CT molecular complexity index is 660. The van der Waals surface area contributed by atoms with Crippen molar-refractivity contribution in [2.24, 2.45) is 0 Å². The van der Waals surface area contributed by atoms with Gasteiger partial charge in [0.05, 0.1) is 0 Å². The molecule has 6 heteroatoms. The van der Waals surface area contributed by atoms with Gasteiger partial charge in [-0.15, -0.1) is 0 Å². The molecule has 1 aromatic rings. The second-order valence-electron chi connectivity index (χ2n) is 7.44. The topological polar surface area (TPSA) is 61.9 Å². The Kier molecular flexibility index (Phi) is 5.81. The molecular formula is C20H29N3O3. The van der Waals surface area contributed by atoms with E-state index in [2.05, 4.69) is 25.2 Å². The molecule has 26 heavy (non-hydrogen) atoms. The number of hydrogen-bond acceptors (Lipinski definition) is 3. The third kappa shape index (κ3) is 4.01. The molecule has 2 heterocycles. The van der Waals surface area contributed by atoms with Crippen molar-refractivity contribution in [1.82, 2.24) is 9.80 Å². The smallest absolute Gasteiger partial charge is 0.321 e. The van der Waals surface area contributed by atoms with Crippen LogP contribution in [0, 0.1) is 6.92 Å². The maximum absolute atomic E-state index is 12.7. The fourth-order valence-electron chi connectivity index (χ4n) is 3.63. The zero-order valence-corrected chi connectivity index (χ0v) is 16.0. The minimum Gasteiger partial charge on any atom is -0.368 e. The SMILES string of the molecule is Cc1cccc(C(C)C)c1NC(=O)N1CCN(C(=O)C2CCCO2)CC1. The van der Waals surface area contributed by atoms with Gasteiger partial charge in [0, 0.05) is 38.5 Å². The zero-order chi connectivity index (χ0) is 18.7. The number of aryl methyl sites for hydroxylation is 1. The van der Waals surface area contributed by atoms with E-state index in [9.17, 15) is 9.59 Å². The first-order valence-electron chi connectivity index (χ1n) is 9.53. The molecule has 0 aromatic heterocycles. The number of benzene rings is 1. The van der Waals surface area contributed by atoms with Crippen molar-refractivity contribution in [2.45, 2.75) is 45.6 Å². The third-order valence-corrected chi connectivity index (χ3v) is 5.24. The lowest BCUT2D eigenvalue weighted by Crippen LogP contribution is -2.53. The number of para-hydroxylation sites is 1. The van der Waals surface area contributed by atoms with Gasteiger partial charge in [-0.1, -0.05) is 32.0 Å². The number of anilines is 1. The molecule has 3 amide bonds. The monoisotopic (exact) mass is 359 g/mol. The summed E-state index contributed by atoms with van der Waals surface area (Å²) in [5.41, 5.74) is 3.12. The van der Waals surface area contributed by atoms with E-state index >= 15 is 0 Å². The van der Waals surface area contributed by atoms with Crippen molar-refractivity contribution in [1.29, 1.82) is 0 Å². The average Bonchev–Trinajstić information content (AvgIpc) is 3.17. The zero-order valence-electron chi connectivity index (χ0n) is 16.0. The number of carbonyl (C=O) groups excluding carboxylic acids is 2. The quantitative estimate of drug-likeness (QED) is 0.902. The molecule has 0 aliphatic carbocycles. The van der Waals surface area contributed by atoms with Gasteiger partial charge in [0.2, 0.25) is 0 Å². The molecule has 0 radical (unpaired) electrons. The van der Waals surface area contributed by atoms with Gasteiger partial charge in [-0.05, 0) is 36.8 Å². The molecule has 6 nitrogen and oxygen atoms in total. The highest BCUT2D eigenvalue weighted by Crippen LogP contribution is 2.27. The van der Waals surface area contributed by atoms with E-state index in [4.69, 9.17) is 4.74 Å². The van der Waals surface area contributed by atoms with Crippen molar-refractivity contribution in [2.75, 3.05) is 38.1 Å². The predicted molar refractivity (Wildman–Crippen MR) is 101 cm³/mol. The van der Waals surface area contributed by atoms with Gasteiger partial charge in [-0.2, -0.15) is 0 Å². The first kappa shape index (κ1) is 18.7. The summed E-state index contributed by atoms with van der Waals surface area (Å²) in [6, 6.07) is 6.01. The lowest BCUT2D eigenvalue weighted by molar-refractivity contribution is -0.142. The van der Waals surface area contributed by atoms with Crippen molar-refractivity contribution in [3.63, 3.8) is 0 Å². The molecule has 3 rings (SSSR count). The van der Waals surface area contributed by atoms with Gasteiger partial charge < -0.3 is 19.9 Å². The molecule has 0 saturated carbocycles. The number of hydrogen-bond donors (Lipinski definition) is 1. The molecule has 0 bridgehead atoms. The lowest BCUT2D eigenvalue weighted by atomic mass is 9.98. The number of piperazine rings is 1. The van der Waals surface area contributed by atoms with E-state index in [0.717, 1.165) is 29.7 Å². The molecule has 1 atom stereocenters. The number of ether oxygens (including phenoxy) is 1. The Morgan fingerprint density at radius 1 is 1.15 bits per heavy atom. The highest BCUT2D eigenvalue weighted by molar-refractivity contribution is 5.91. The summed E-state index contributed by atoms with van der Waals surface area (Å²) in [7, 11) is 0. The number of nitrogens with one attached hydrogen (secondary N) is 1. The Hall–Kier alpha value is -2.08. The molecule has 2 fully saturated rings. The summed E-state index contributed by atoms with van der Waals surface area (Å²) < 4.78 is 5.49. The van der Waals surface area contributed by atoms with Gasteiger partial charge >= 0.3 is 6.03 Å². The lowest BCUT2D eigenvalue weighted by Gasteiger charge is -2.36. The summed E-state index contributed by atoms with van der Waals surface area (Å²) in [5.74, 6) is 0.412. The molecule has 1 N–H and O–H groups in total. The van der Waals surface area contributed by atoms with Crippen molar-refractivity contribution < 1.29 is 14.3 Å². The van der Waals surface area contributed by atoms with Crippen LogP contribution in [0.25, 0.3) is 0 Å². The maximum atomic E-state index is 12.7. The fraction of sp³-hybridized carbons (Fsp3) is 0.600. The van der Waals surface area contributed by atoms with Crippen LogP contribution in [-0.4, -0.2) is 60.6 Å². The molecule has 2 saturated heterocycles. The van der Waals surface area contributed by atoms with Crippen LogP contribution < -0.4 is 5.32 Å².